The quantitative estimate of drug-likeness (QED) is 0.361. The minimum Gasteiger partial charge on any atom is -0.397 e. The monoisotopic (exact) mass is 222 g/mol. The van der Waals surface area contributed by atoms with Crippen molar-refractivity contribution >= 4 is 23.4 Å². The van der Waals surface area contributed by atoms with E-state index in [0.717, 1.165) is 11.1 Å². The lowest BCUT2D eigenvalue weighted by molar-refractivity contribution is 1.22. The van der Waals surface area contributed by atoms with E-state index in [0.29, 0.717) is 17.3 Å². The standard InChI is InChI=1S/C10H11ClN4/c1-7-5-8(3-2-4-14-15-13)6-9(11)10(7)12/h2-3,5-6H,4,12H2,1H3. The molecule has 0 amide bonds. The van der Waals surface area contributed by atoms with Gasteiger partial charge in [0.1, 0.15) is 0 Å². The number of nitrogens with zero attached hydrogens (tertiary/aromatic N) is 3. The molecule has 5 heteroatoms. The van der Waals surface area contributed by atoms with E-state index in [4.69, 9.17) is 22.9 Å². The highest BCUT2D eigenvalue weighted by atomic mass is 35.5. The lowest BCUT2D eigenvalue weighted by Gasteiger charge is -2.04. The molecule has 0 unspecified atom stereocenters. The molecule has 2 N–H and O–H groups in total. The fourth-order valence-electron chi connectivity index (χ4n) is 1.15. The van der Waals surface area contributed by atoms with Gasteiger partial charge >= 0.3 is 0 Å². The van der Waals surface area contributed by atoms with Crippen LogP contribution in [0.2, 0.25) is 5.02 Å². The van der Waals surface area contributed by atoms with Crippen molar-refractivity contribution in [3.05, 3.63) is 44.8 Å². The first-order valence-electron chi connectivity index (χ1n) is 4.38. The molecule has 1 aromatic rings. The van der Waals surface area contributed by atoms with E-state index < -0.39 is 0 Å². The summed E-state index contributed by atoms with van der Waals surface area (Å²) in [5, 5.41) is 3.93. The van der Waals surface area contributed by atoms with Crippen molar-refractivity contribution in [2.75, 3.05) is 12.3 Å². The third kappa shape index (κ3) is 3.20. The van der Waals surface area contributed by atoms with Gasteiger partial charge in [-0.15, -0.1) is 0 Å². The zero-order valence-corrected chi connectivity index (χ0v) is 9.07. The number of nitrogens with two attached hydrogens (primary N) is 1. The largest absolute Gasteiger partial charge is 0.397 e. The van der Waals surface area contributed by atoms with Crippen LogP contribution in [-0.2, 0) is 0 Å². The number of anilines is 1. The second-order valence-corrected chi connectivity index (χ2v) is 3.46. The molecule has 0 radical (unpaired) electrons. The molecule has 0 saturated heterocycles. The Morgan fingerprint density at radius 1 is 1.60 bits per heavy atom. The highest BCUT2D eigenvalue weighted by Crippen LogP contribution is 2.24. The molecular formula is C10H11ClN4. The zero-order chi connectivity index (χ0) is 11.3. The summed E-state index contributed by atoms with van der Waals surface area (Å²) in [6, 6.07) is 3.70. The van der Waals surface area contributed by atoms with Crippen molar-refractivity contribution in [1.29, 1.82) is 0 Å². The number of aryl methyl sites for hydroxylation is 1. The molecule has 0 fully saturated rings. The highest BCUT2D eigenvalue weighted by molar-refractivity contribution is 6.33. The van der Waals surface area contributed by atoms with Gasteiger partial charge in [0.25, 0.3) is 0 Å². The van der Waals surface area contributed by atoms with Crippen LogP contribution >= 0.6 is 11.6 Å². The molecular weight excluding hydrogens is 212 g/mol. The Labute approximate surface area is 93.0 Å². The Balaban J connectivity index is 2.87. The van der Waals surface area contributed by atoms with Gasteiger partial charge in [-0.25, -0.2) is 0 Å². The molecule has 0 bridgehead atoms. The van der Waals surface area contributed by atoms with Crippen molar-refractivity contribution in [3.63, 3.8) is 0 Å². The number of nitrogen functional groups attached to an aromatic ring is 1. The van der Waals surface area contributed by atoms with E-state index in [1.807, 2.05) is 19.1 Å². The third-order valence-corrected chi connectivity index (χ3v) is 2.23. The van der Waals surface area contributed by atoms with E-state index in [2.05, 4.69) is 10.0 Å². The predicted molar refractivity (Wildman–Crippen MR) is 63.6 cm³/mol. The number of rotatable bonds is 3. The SMILES string of the molecule is Cc1cc(C=CCN=[N+]=[N-])cc(Cl)c1N. The average Bonchev–Trinajstić information content (AvgIpc) is 2.21. The number of azide groups is 1. The normalized spacial score (nSPS) is 10.3. The zero-order valence-electron chi connectivity index (χ0n) is 8.31. The van der Waals surface area contributed by atoms with E-state index in [1.165, 1.54) is 0 Å². The first-order chi connectivity index (χ1) is 7.15. The fourth-order valence-corrected chi connectivity index (χ4v) is 1.43. The van der Waals surface area contributed by atoms with Crippen molar-refractivity contribution in [3.8, 4) is 0 Å². The Morgan fingerprint density at radius 2 is 2.33 bits per heavy atom. The number of hydrogen-bond donors (Lipinski definition) is 1. The van der Waals surface area contributed by atoms with Crippen molar-refractivity contribution in [1.82, 2.24) is 0 Å². The molecule has 1 aromatic carbocycles. The van der Waals surface area contributed by atoms with Gasteiger partial charge < -0.3 is 5.73 Å². The molecule has 0 atom stereocenters. The summed E-state index contributed by atoms with van der Waals surface area (Å²) in [6.45, 7) is 2.23. The summed E-state index contributed by atoms with van der Waals surface area (Å²) in [7, 11) is 0. The first kappa shape index (κ1) is 11.4. The molecule has 0 aliphatic rings. The van der Waals surface area contributed by atoms with E-state index in [1.54, 1.807) is 12.1 Å². The molecule has 0 spiro atoms. The Kier molecular flexibility index (Phi) is 4.03. The smallest absolute Gasteiger partial charge is 0.0644 e. The van der Waals surface area contributed by atoms with E-state index in [9.17, 15) is 0 Å². The van der Waals surface area contributed by atoms with Gasteiger partial charge in [0.15, 0.2) is 0 Å². The van der Waals surface area contributed by atoms with Crippen LogP contribution in [0.4, 0.5) is 5.69 Å². The third-order valence-electron chi connectivity index (χ3n) is 1.92. The van der Waals surface area contributed by atoms with E-state index in [-0.39, 0.29) is 0 Å². The molecule has 0 saturated carbocycles. The second-order valence-electron chi connectivity index (χ2n) is 3.05. The molecule has 0 heterocycles. The molecule has 0 aromatic heterocycles. The summed E-state index contributed by atoms with van der Waals surface area (Å²) >= 11 is 5.92. The van der Waals surface area contributed by atoms with Gasteiger partial charge in [-0.3, -0.25) is 0 Å². The maximum Gasteiger partial charge on any atom is 0.0644 e. The second kappa shape index (κ2) is 5.29. The summed E-state index contributed by atoms with van der Waals surface area (Å²) in [5.74, 6) is 0. The lowest BCUT2D eigenvalue weighted by Crippen LogP contribution is -1.91. The van der Waals surface area contributed by atoms with Crippen LogP contribution < -0.4 is 5.73 Å². The summed E-state index contributed by atoms with van der Waals surface area (Å²) in [5.41, 5.74) is 16.3. The Bertz CT molecular complexity index is 410. The van der Waals surface area contributed by atoms with Crippen LogP contribution in [0.25, 0.3) is 16.5 Å². The van der Waals surface area contributed by atoms with Gasteiger partial charge in [-0.2, -0.15) is 0 Å². The van der Waals surface area contributed by atoms with Gasteiger partial charge in [0.2, 0.25) is 0 Å². The molecule has 0 aliphatic heterocycles. The lowest BCUT2D eigenvalue weighted by atomic mass is 10.1. The van der Waals surface area contributed by atoms with Gasteiger partial charge in [0.05, 0.1) is 10.7 Å². The van der Waals surface area contributed by atoms with Gasteiger partial charge in [0, 0.05) is 11.5 Å². The number of benzene rings is 1. The van der Waals surface area contributed by atoms with Crippen molar-refractivity contribution in [2.45, 2.75) is 6.92 Å². The van der Waals surface area contributed by atoms with Crippen LogP contribution in [0.1, 0.15) is 11.1 Å². The molecule has 78 valence electrons. The maximum absolute atomic E-state index is 8.07. The van der Waals surface area contributed by atoms with Crippen LogP contribution in [0, 0.1) is 6.92 Å². The van der Waals surface area contributed by atoms with Crippen molar-refractivity contribution in [2.24, 2.45) is 5.11 Å². The molecule has 1 rings (SSSR count). The fraction of sp³-hybridized carbons (Fsp3) is 0.200. The topological polar surface area (TPSA) is 74.8 Å². The Hall–Kier alpha value is -1.64. The maximum atomic E-state index is 8.07. The predicted octanol–water partition coefficient (Wildman–Crippen LogP) is 3.55. The summed E-state index contributed by atoms with van der Waals surface area (Å²) in [4.78, 5) is 2.64. The van der Waals surface area contributed by atoms with Gasteiger partial charge in [-0.1, -0.05) is 28.9 Å². The highest BCUT2D eigenvalue weighted by Gasteiger charge is 2.00. The van der Waals surface area contributed by atoms with Crippen LogP contribution in [0.3, 0.4) is 0 Å². The number of hydrogen-bond acceptors (Lipinski definition) is 2. The Morgan fingerprint density at radius 3 is 2.93 bits per heavy atom. The van der Waals surface area contributed by atoms with Crippen molar-refractivity contribution < 1.29 is 0 Å². The minimum atomic E-state index is 0.331. The molecule has 4 nitrogen and oxygen atoms in total. The summed E-state index contributed by atoms with van der Waals surface area (Å²) in [6.07, 6.45) is 3.61. The molecule has 0 aliphatic carbocycles. The van der Waals surface area contributed by atoms with Crippen LogP contribution in [0.5, 0.6) is 0 Å². The van der Waals surface area contributed by atoms with Crippen LogP contribution in [0.15, 0.2) is 23.3 Å². The number of halogens is 1. The first-order valence-corrected chi connectivity index (χ1v) is 4.76. The summed E-state index contributed by atoms with van der Waals surface area (Å²) < 4.78 is 0. The minimum absolute atomic E-state index is 0.331. The average molecular weight is 223 g/mol. The van der Waals surface area contributed by atoms with Gasteiger partial charge in [-0.05, 0) is 35.7 Å². The van der Waals surface area contributed by atoms with E-state index >= 15 is 0 Å². The molecule has 15 heavy (non-hydrogen) atoms. The van der Waals surface area contributed by atoms with Crippen LogP contribution in [-0.4, -0.2) is 6.54 Å².